The zero-order valence-corrected chi connectivity index (χ0v) is 16.2. The number of unbranched alkanes of at least 4 members (excludes halogenated alkanes) is 1. The average Bonchev–Trinajstić information content (AvgIpc) is 2.68. The van der Waals surface area contributed by atoms with Crippen LogP contribution in [0.5, 0.6) is 0 Å². The van der Waals surface area contributed by atoms with E-state index in [4.69, 9.17) is 0 Å². The lowest BCUT2D eigenvalue weighted by Gasteiger charge is -2.38. The predicted molar refractivity (Wildman–Crippen MR) is 105 cm³/mol. The molecular weight excluding hydrogens is 326 g/mol. The lowest BCUT2D eigenvalue weighted by molar-refractivity contribution is 0.156. The summed E-state index contributed by atoms with van der Waals surface area (Å²) in [6, 6.07) is 4.48. The maximum absolute atomic E-state index is 13.5. The van der Waals surface area contributed by atoms with Crippen LogP contribution in [0.1, 0.15) is 89.0 Å². The van der Waals surface area contributed by atoms with E-state index in [1.165, 1.54) is 69.9 Å². The van der Waals surface area contributed by atoms with E-state index in [2.05, 4.69) is 19.1 Å². The summed E-state index contributed by atoms with van der Waals surface area (Å²) in [5, 5.41) is 0. The molecular formula is C24H34F2. The van der Waals surface area contributed by atoms with Gasteiger partial charge in [-0.25, -0.2) is 8.78 Å². The minimum atomic E-state index is -0.732. The zero-order chi connectivity index (χ0) is 18.4. The fourth-order valence-electron chi connectivity index (χ4n) is 5.33. The summed E-state index contributed by atoms with van der Waals surface area (Å²) in [6.07, 6.45) is 18.9. The molecule has 3 rings (SSSR count). The highest BCUT2D eigenvalue weighted by Crippen LogP contribution is 2.44. The fraction of sp³-hybridized carbons (Fsp3) is 0.667. The van der Waals surface area contributed by atoms with E-state index in [0.717, 1.165) is 36.2 Å². The lowest BCUT2D eigenvalue weighted by atomic mass is 9.68. The Hall–Kier alpha value is -1.18. The summed E-state index contributed by atoms with van der Waals surface area (Å²) in [5.41, 5.74) is 0.993. The third-order valence-corrected chi connectivity index (χ3v) is 6.96. The Morgan fingerprint density at radius 1 is 0.885 bits per heavy atom. The Bertz CT molecular complexity index is 576. The van der Waals surface area contributed by atoms with Crippen LogP contribution in [0.4, 0.5) is 8.78 Å². The monoisotopic (exact) mass is 360 g/mol. The van der Waals surface area contributed by atoms with Crippen molar-refractivity contribution in [3.05, 3.63) is 47.5 Å². The molecule has 1 aromatic carbocycles. The van der Waals surface area contributed by atoms with Crippen LogP contribution in [-0.4, -0.2) is 0 Å². The SMILES string of the molecule is C/C=C\CCC[C@H]1CC[C@H](C2CCC(c3ccc(F)c(F)c3)CC2)CC1. The molecule has 144 valence electrons. The molecule has 2 aliphatic carbocycles. The van der Waals surface area contributed by atoms with E-state index in [0.29, 0.717) is 5.92 Å². The Labute approximate surface area is 158 Å². The van der Waals surface area contributed by atoms with Gasteiger partial charge in [-0.15, -0.1) is 0 Å². The molecule has 0 radical (unpaired) electrons. The van der Waals surface area contributed by atoms with Gasteiger partial charge in [0.05, 0.1) is 0 Å². The van der Waals surface area contributed by atoms with Crippen molar-refractivity contribution in [2.75, 3.05) is 0 Å². The van der Waals surface area contributed by atoms with Gasteiger partial charge in [-0.1, -0.05) is 37.5 Å². The van der Waals surface area contributed by atoms with Gasteiger partial charge in [0.25, 0.3) is 0 Å². The van der Waals surface area contributed by atoms with E-state index >= 15 is 0 Å². The standard InChI is InChI=1S/C24H34F2/c1-2-3-4-5-6-18-7-9-19(10-8-18)20-11-13-21(14-12-20)22-15-16-23(25)24(26)17-22/h2-3,15-21H,4-14H2,1H3/b3-2-/t18-,19-,20?,21?. The summed E-state index contributed by atoms with van der Waals surface area (Å²) in [4.78, 5) is 0. The number of rotatable bonds is 6. The molecule has 26 heavy (non-hydrogen) atoms. The summed E-state index contributed by atoms with van der Waals surface area (Å²) in [7, 11) is 0. The maximum atomic E-state index is 13.5. The van der Waals surface area contributed by atoms with Crippen LogP contribution < -0.4 is 0 Å². The van der Waals surface area contributed by atoms with Crippen LogP contribution in [0, 0.1) is 29.4 Å². The highest BCUT2D eigenvalue weighted by molar-refractivity contribution is 5.22. The molecule has 2 saturated carbocycles. The minimum absolute atomic E-state index is 0.421. The van der Waals surface area contributed by atoms with Crippen LogP contribution in [0.2, 0.25) is 0 Å². The molecule has 0 saturated heterocycles. The molecule has 2 heteroatoms. The second-order valence-electron chi connectivity index (χ2n) is 8.57. The normalized spacial score (nSPS) is 30.0. The van der Waals surface area contributed by atoms with Crippen molar-refractivity contribution in [3.63, 3.8) is 0 Å². The van der Waals surface area contributed by atoms with Gasteiger partial charge in [-0.2, -0.15) is 0 Å². The van der Waals surface area contributed by atoms with Gasteiger partial charge in [0.15, 0.2) is 11.6 Å². The van der Waals surface area contributed by atoms with Crippen LogP contribution in [0.3, 0.4) is 0 Å². The average molecular weight is 361 g/mol. The van der Waals surface area contributed by atoms with Crippen molar-refractivity contribution in [1.29, 1.82) is 0 Å². The van der Waals surface area contributed by atoms with Gasteiger partial charge in [0.1, 0.15) is 0 Å². The van der Waals surface area contributed by atoms with E-state index in [1.54, 1.807) is 6.07 Å². The first-order valence-corrected chi connectivity index (χ1v) is 10.7. The highest BCUT2D eigenvalue weighted by Gasteiger charge is 2.31. The molecule has 0 bridgehead atoms. The summed E-state index contributed by atoms with van der Waals surface area (Å²) >= 11 is 0. The molecule has 1 aromatic rings. The molecule has 0 nitrogen and oxygen atoms in total. The largest absolute Gasteiger partial charge is 0.204 e. The van der Waals surface area contributed by atoms with Gasteiger partial charge in [-0.3, -0.25) is 0 Å². The molecule has 0 unspecified atom stereocenters. The topological polar surface area (TPSA) is 0 Å². The van der Waals surface area contributed by atoms with Crippen molar-refractivity contribution < 1.29 is 8.78 Å². The first-order valence-electron chi connectivity index (χ1n) is 10.7. The first kappa shape index (κ1) is 19.6. The molecule has 2 fully saturated rings. The molecule has 0 aliphatic heterocycles. The quantitative estimate of drug-likeness (QED) is 0.359. The second kappa shape index (κ2) is 9.67. The number of allylic oxidation sites excluding steroid dienone is 2. The van der Waals surface area contributed by atoms with Crippen LogP contribution in [0.15, 0.2) is 30.4 Å². The molecule has 2 aliphatic rings. The Kier molecular flexibility index (Phi) is 7.28. The first-order chi connectivity index (χ1) is 12.7. The molecule has 0 aromatic heterocycles. The minimum Gasteiger partial charge on any atom is -0.204 e. The lowest BCUT2D eigenvalue weighted by Crippen LogP contribution is -2.25. The molecule has 0 heterocycles. The van der Waals surface area contributed by atoms with Crippen molar-refractivity contribution >= 4 is 0 Å². The van der Waals surface area contributed by atoms with Crippen molar-refractivity contribution in [3.8, 4) is 0 Å². The van der Waals surface area contributed by atoms with Gasteiger partial charge in [-0.05, 0) is 99.7 Å². The van der Waals surface area contributed by atoms with E-state index in [1.807, 2.05) is 0 Å². The van der Waals surface area contributed by atoms with E-state index < -0.39 is 11.6 Å². The molecule has 0 amide bonds. The van der Waals surface area contributed by atoms with Crippen molar-refractivity contribution in [2.45, 2.75) is 83.5 Å². The molecule has 0 N–H and O–H groups in total. The third-order valence-electron chi connectivity index (χ3n) is 6.96. The summed E-state index contributed by atoms with van der Waals surface area (Å²) in [5.74, 6) is 1.72. The van der Waals surface area contributed by atoms with Gasteiger partial charge >= 0.3 is 0 Å². The van der Waals surface area contributed by atoms with Gasteiger partial charge < -0.3 is 0 Å². The number of hydrogen-bond acceptors (Lipinski definition) is 0. The second-order valence-corrected chi connectivity index (χ2v) is 8.57. The van der Waals surface area contributed by atoms with E-state index in [9.17, 15) is 8.78 Å². The van der Waals surface area contributed by atoms with E-state index in [-0.39, 0.29) is 0 Å². The Morgan fingerprint density at radius 2 is 1.54 bits per heavy atom. The highest BCUT2D eigenvalue weighted by atomic mass is 19.2. The molecule has 0 spiro atoms. The van der Waals surface area contributed by atoms with Gasteiger partial charge in [0.2, 0.25) is 0 Å². The van der Waals surface area contributed by atoms with Crippen LogP contribution >= 0.6 is 0 Å². The number of hydrogen-bond donors (Lipinski definition) is 0. The Morgan fingerprint density at radius 3 is 2.15 bits per heavy atom. The van der Waals surface area contributed by atoms with Gasteiger partial charge in [0, 0.05) is 0 Å². The number of benzene rings is 1. The maximum Gasteiger partial charge on any atom is 0.159 e. The molecule has 0 atom stereocenters. The van der Waals surface area contributed by atoms with Crippen molar-refractivity contribution in [1.82, 2.24) is 0 Å². The van der Waals surface area contributed by atoms with Crippen LogP contribution in [0.25, 0.3) is 0 Å². The third kappa shape index (κ3) is 5.18. The summed E-state index contributed by atoms with van der Waals surface area (Å²) < 4.78 is 26.6. The number of halogens is 2. The summed E-state index contributed by atoms with van der Waals surface area (Å²) in [6.45, 7) is 2.10. The smallest absolute Gasteiger partial charge is 0.159 e. The Balaban J connectivity index is 1.41. The predicted octanol–water partition coefficient (Wildman–Crippen LogP) is 7.79. The fourth-order valence-corrected chi connectivity index (χ4v) is 5.33. The zero-order valence-electron chi connectivity index (χ0n) is 16.2. The van der Waals surface area contributed by atoms with Crippen LogP contribution in [-0.2, 0) is 0 Å². The van der Waals surface area contributed by atoms with Crippen molar-refractivity contribution in [2.24, 2.45) is 17.8 Å².